The van der Waals surface area contributed by atoms with Gasteiger partial charge >= 0.3 is 5.09 Å². The Morgan fingerprint density at radius 1 is 0.529 bits per heavy atom. The number of pyridine rings is 1. The van der Waals surface area contributed by atoms with Crippen LogP contribution in [0.2, 0.25) is 0 Å². The highest BCUT2D eigenvalue weighted by Crippen LogP contribution is 2.48. The Hall–Kier alpha value is -4.77. The molecule has 0 unspecified atom stereocenters. The van der Waals surface area contributed by atoms with Gasteiger partial charge in [-0.05, 0) is 16.7 Å². The van der Waals surface area contributed by atoms with Gasteiger partial charge in [-0.15, -0.1) is 10.1 Å². The van der Waals surface area contributed by atoms with Crippen LogP contribution in [0.1, 0.15) is 0 Å². The molecule has 0 aliphatic rings. The monoisotopic (exact) mass is 444 g/mol. The van der Waals surface area contributed by atoms with E-state index in [9.17, 15) is 10.1 Å². The van der Waals surface area contributed by atoms with Gasteiger partial charge in [0.25, 0.3) is 0 Å². The largest absolute Gasteiger partial charge is 0.301 e. The van der Waals surface area contributed by atoms with Crippen LogP contribution in [0.3, 0.4) is 0 Å². The average Bonchev–Trinajstić information content (AvgIpc) is 2.89. The number of nitrogens with zero attached hydrogens (tertiary/aromatic N) is 2. The first-order chi connectivity index (χ1) is 16.7. The summed E-state index contributed by atoms with van der Waals surface area (Å²) < 4.78 is 0. The fraction of sp³-hybridized carbons (Fsp3) is 0. The van der Waals surface area contributed by atoms with Gasteiger partial charge in [-0.25, -0.2) is 4.98 Å². The molecule has 0 saturated heterocycles. The Morgan fingerprint density at radius 2 is 0.912 bits per heavy atom. The van der Waals surface area contributed by atoms with Crippen LogP contribution in [-0.4, -0.2) is 10.1 Å². The van der Waals surface area contributed by atoms with E-state index in [4.69, 9.17) is 9.82 Å². The maximum atomic E-state index is 11.5. The molecular weight excluding hydrogens is 424 g/mol. The van der Waals surface area contributed by atoms with Gasteiger partial charge in [0.2, 0.25) is 5.88 Å². The topological polar surface area (TPSA) is 65.3 Å². The zero-order valence-electron chi connectivity index (χ0n) is 18.2. The van der Waals surface area contributed by atoms with Crippen molar-refractivity contribution in [2.24, 2.45) is 0 Å². The Bertz CT molecular complexity index is 1420. The van der Waals surface area contributed by atoms with Crippen molar-refractivity contribution in [3.63, 3.8) is 0 Å². The molecule has 0 bridgehead atoms. The molecule has 0 aliphatic heterocycles. The second kappa shape index (κ2) is 9.38. The lowest BCUT2D eigenvalue weighted by Gasteiger charge is -2.22. The van der Waals surface area contributed by atoms with Crippen molar-refractivity contribution in [1.29, 1.82) is 0 Å². The number of hydrogen-bond donors (Lipinski definition) is 0. The minimum Gasteiger partial charge on any atom is -0.255 e. The first-order valence-corrected chi connectivity index (χ1v) is 10.8. The molecule has 1 heterocycles. The van der Waals surface area contributed by atoms with Crippen LogP contribution < -0.4 is 4.84 Å². The van der Waals surface area contributed by atoms with Gasteiger partial charge in [-0.3, -0.25) is 4.84 Å². The van der Waals surface area contributed by atoms with E-state index in [1.165, 1.54) is 0 Å². The van der Waals surface area contributed by atoms with E-state index >= 15 is 0 Å². The highest BCUT2D eigenvalue weighted by molar-refractivity contribution is 6.01. The zero-order chi connectivity index (χ0) is 23.3. The minimum absolute atomic E-state index is 0.0476. The highest BCUT2D eigenvalue weighted by Gasteiger charge is 2.25. The lowest BCUT2D eigenvalue weighted by molar-refractivity contribution is -0.711. The molecule has 5 heteroatoms. The third-order valence-electron chi connectivity index (χ3n) is 5.56. The van der Waals surface area contributed by atoms with Gasteiger partial charge in [0, 0.05) is 22.3 Å². The van der Waals surface area contributed by atoms with E-state index in [1.54, 1.807) is 0 Å². The van der Waals surface area contributed by atoms with Gasteiger partial charge < -0.3 is 0 Å². The van der Waals surface area contributed by atoms with Crippen LogP contribution >= 0.6 is 0 Å². The van der Waals surface area contributed by atoms with Crippen molar-refractivity contribution in [1.82, 2.24) is 4.98 Å². The average molecular weight is 444 g/mol. The Morgan fingerprint density at radius 3 is 1.35 bits per heavy atom. The first-order valence-electron chi connectivity index (χ1n) is 10.8. The smallest absolute Gasteiger partial charge is 0.255 e. The first kappa shape index (κ1) is 21.1. The molecule has 5 aromatic rings. The van der Waals surface area contributed by atoms with Crippen molar-refractivity contribution < 1.29 is 9.92 Å². The van der Waals surface area contributed by atoms with E-state index in [1.807, 2.05) is 121 Å². The van der Waals surface area contributed by atoms with Crippen molar-refractivity contribution in [3.05, 3.63) is 131 Å². The summed E-state index contributed by atoms with van der Waals surface area (Å²) >= 11 is 0. The molecule has 0 atom stereocenters. The number of benzene rings is 4. The summed E-state index contributed by atoms with van der Waals surface area (Å²) in [6, 6.07) is 39.0. The molecule has 0 radical (unpaired) electrons. The summed E-state index contributed by atoms with van der Waals surface area (Å²) in [6.07, 6.45) is 0. The summed E-state index contributed by atoms with van der Waals surface area (Å²) in [7, 11) is 0. The predicted octanol–water partition coefficient (Wildman–Crippen LogP) is 7.32. The third kappa shape index (κ3) is 4.14. The molecule has 0 N–H and O–H groups in total. The maximum absolute atomic E-state index is 11.5. The lowest BCUT2D eigenvalue weighted by atomic mass is 9.86. The SMILES string of the molecule is O=[N+]([O-])Oc1nc(-c2ccccc2)c(-c2ccccc2)c(-c2ccccc2)c1-c1ccccc1. The Labute approximate surface area is 197 Å². The van der Waals surface area contributed by atoms with Crippen molar-refractivity contribution in [2.45, 2.75) is 0 Å². The normalized spacial score (nSPS) is 10.6. The van der Waals surface area contributed by atoms with Crippen LogP contribution in [-0.2, 0) is 0 Å². The molecule has 0 aliphatic carbocycles. The Kier molecular flexibility index (Phi) is 5.82. The van der Waals surface area contributed by atoms with Crippen LogP contribution in [0.15, 0.2) is 121 Å². The molecule has 0 saturated carbocycles. The van der Waals surface area contributed by atoms with Crippen LogP contribution in [0.25, 0.3) is 44.6 Å². The molecule has 34 heavy (non-hydrogen) atoms. The maximum Gasteiger partial charge on any atom is 0.301 e. The lowest BCUT2D eigenvalue weighted by Crippen LogP contribution is -2.09. The number of rotatable bonds is 6. The van der Waals surface area contributed by atoms with Crippen LogP contribution in [0.4, 0.5) is 0 Å². The van der Waals surface area contributed by atoms with Gasteiger partial charge in [-0.1, -0.05) is 121 Å². The van der Waals surface area contributed by atoms with Gasteiger partial charge in [0.15, 0.2) is 0 Å². The van der Waals surface area contributed by atoms with Gasteiger partial charge in [-0.2, -0.15) is 0 Å². The molecule has 0 fully saturated rings. The summed E-state index contributed by atoms with van der Waals surface area (Å²) in [5, 5.41) is 10.7. The highest BCUT2D eigenvalue weighted by atomic mass is 17.0. The summed E-state index contributed by atoms with van der Waals surface area (Å²) in [5.41, 5.74) is 6.37. The van der Waals surface area contributed by atoms with E-state index in [-0.39, 0.29) is 5.88 Å². The zero-order valence-corrected chi connectivity index (χ0v) is 18.2. The molecule has 0 amide bonds. The molecular formula is C29H20N2O3. The van der Waals surface area contributed by atoms with Gasteiger partial charge in [0.1, 0.15) is 0 Å². The van der Waals surface area contributed by atoms with Crippen LogP contribution in [0, 0.1) is 10.1 Å². The van der Waals surface area contributed by atoms with Crippen LogP contribution in [0.5, 0.6) is 5.88 Å². The van der Waals surface area contributed by atoms with Gasteiger partial charge in [0.05, 0.1) is 5.69 Å². The second-order valence-electron chi connectivity index (χ2n) is 7.67. The van der Waals surface area contributed by atoms with Crippen molar-refractivity contribution >= 4 is 0 Å². The molecule has 164 valence electrons. The molecule has 5 rings (SSSR count). The summed E-state index contributed by atoms with van der Waals surface area (Å²) in [6.45, 7) is 0. The number of hydrogen-bond acceptors (Lipinski definition) is 4. The molecule has 5 nitrogen and oxygen atoms in total. The van der Waals surface area contributed by atoms with E-state index in [0.29, 0.717) is 11.3 Å². The standard InChI is InChI=1S/C29H20N2O3/c32-31(33)34-29-27(23-17-9-3-10-18-23)25(21-13-5-1-6-14-21)26(22-15-7-2-8-16-22)28(30-29)24-19-11-4-12-20-24/h1-20H. The quantitative estimate of drug-likeness (QED) is 0.203. The summed E-state index contributed by atoms with van der Waals surface area (Å²) in [5.74, 6) is -0.0476. The molecule has 1 aromatic heterocycles. The molecule has 4 aromatic carbocycles. The predicted molar refractivity (Wildman–Crippen MR) is 134 cm³/mol. The second-order valence-corrected chi connectivity index (χ2v) is 7.67. The van der Waals surface area contributed by atoms with E-state index in [0.717, 1.165) is 33.4 Å². The third-order valence-corrected chi connectivity index (χ3v) is 5.56. The fourth-order valence-electron chi connectivity index (χ4n) is 4.16. The Balaban J connectivity index is 1.98. The van der Waals surface area contributed by atoms with Crippen molar-refractivity contribution in [3.8, 4) is 50.5 Å². The minimum atomic E-state index is -0.805. The molecule has 0 spiro atoms. The van der Waals surface area contributed by atoms with E-state index in [2.05, 4.69) is 0 Å². The van der Waals surface area contributed by atoms with Crippen molar-refractivity contribution in [2.75, 3.05) is 0 Å². The fourth-order valence-corrected chi connectivity index (χ4v) is 4.16. The summed E-state index contributed by atoms with van der Waals surface area (Å²) in [4.78, 5) is 21.4. The number of aromatic nitrogens is 1. The van der Waals surface area contributed by atoms with E-state index < -0.39 is 5.09 Å².